The molecule has 0 unspecified atom stereocenters. The summed E-state index contributed by atoms with van der Waals surface area (Å²) in [7, 11) is 0. The number of nitrogens with one attached hydrogen (secondary N) is 1. The van der Waals surface area contributed by atoms with Gasteiger partial charge in [0.1, 0.15) is 5.01 Å². The maximum Gasteiger partial charge on any atom is 0.262 e. The summed E-state index contributed by atoms with van der Waals surface area (Å²) >= 11 is 2.97. The van der Waals surface area contributed by atoms with E-state index in [-0.39, 0.29) is 17.9 Å². The first-order chi connectivity index (χ1) is 15.5. The number of para-hydroxylation sites is 1. The topological polar surface area (TPSA) is 76.9 Å². The van der Waals surface area contributed by atoms with Crippen molar-refractivity contribution in [1.29, 1.82) is 0 Å². The summed E-state index contributed by atoms with van der Waals surface area (Å²) in [5.74, 6) is 0.500. The molecule has 0 fully saturated rings. The molecule has 0 spiro atoms. The Morgan fingerprint density at radius 2 is 1.91 bits per heavy atom. The second kappa shape index (κ2) is 10.1. The molecule has 0 saturated carbocycles. The number of hydrogen-bond donors (Lipinski definition) is 1. The van der Waals surface area contributed by atoms with Gasteiger partial charge >= 0.3 is 0 Å². The van der Waals surface area contributed by atoms with Gasteiger partial charge in [-0.3, -0.25) is 14.2 Å². The van der Waals surface area contributed by atoms with Gasteiger partial charge in [-0.1, -0.05) is 48.5 Å². The van der Waals surface area contributed by atoms with Crippen molar-refractivity contribution in [1.82, 2.24) is 14.5 Å². The van der Waals surface area contributed by atoms with E-state index in [0.717, 1.165) is 28.4 Å². The third kappa shape index (κ3) is 5.26. The van der Waals surface area contributed by atoms with Crippen LogP contribution in [0.5, 0.6) is 0 Å². The molecule has 0 aliphatic rings. The van der Waals surface area contributed by atoms with Crippen LogP contribution >= 0.6 is 23.1 Å². The number of fused-ring (bicyclic) bond motifs is 1. The predicted octanol–water partition coefficient (Wildman–Crippen LogP) is 5.04. The largest absolute Gasteiger partial charge is 0.326 e. The van der Waals surface area contributed by atoms with Crippen LogP contribution in [0.25, 0.3) is 10.9 Å². The van der Waals surface area contributed by atoms with Crippen LogP contribution in [-0.2, 0) is 23.5 Å². The monoisotopic (exact) mass is 464 g/mol. The molecule has 4 rings (SSSR count). The van der Waals surface area contributed by atoms with Gasteiger partial charge in [0.05, 0.1) is 23.0 Å². The predicted molar refractivity (Wildman–Crippen MR) is 131 cm³/mol. The number of thiazole rings is 1. The van der Waals surface area contributed by atoms with Crippen molar-refractivity contribution in [2.45, 2.75) is 44.1 Å². The number of thioether (sulfide) groups is 1. The van der Waals surface area contributed by atoms with E-state index in [1.807, 2.05) is 67.8 Å². The highest BCUT2D eigenvalue weighted by atomic mass is 32.2. The molecule has 0 bridgehead atoms. The Hall–Kier alpha value is -2.97. The lowest BCUT2D eigenvalue weighted by atomic mass is 10.2. The number of amides is 1. The van der Waals surface area contributed by atoms with Crippen LogP contribution in [0, 0.1) is 6.92 Å². The van der Waals surface area contributed by atoms with Crippen molar-refractivity contribution in [2.75, 3.05) is 5.32 Å². The highest BCUT2D eigenvalue weighted by Gasteiger charge is 2.13. The zero-order valence-corrected chi connectivity index (χ0v) is 19.6. The van der Waals surface area contributed by atoms with Gasteiger partial charge in [-0.2, -0.15) is 0 Å². The van der Waals surface area contributed by atoms with Crippen LogP contribution in [-0.4, -0.2) is 20.4 Å². The highest BCUT2D eigenvalue weighted by Crippen LogP contribution is 2.24. The Balaban J connectivity index is 1.43. The van der Waals surface area contributed by atoms with Crippen LogP contribution in [0.15, 0.2) is 63.9 Å². The minimum absolute atomic E-state index is 0.00769. The number of anilines is 1. The Morgan fingerprint density at radius 3 is 2.69 bits per heavy atom. The number of carbonyl (C=O) groups is 1. The number of hydrogen-bond acceptors (Lipinski definition) is 6. The molecule has 0 atom stereocenters. The first-order valence-corrected chi connectivity index (χ1v) is 12.3. The van der Waals surface area contributed by atoms with E-state index in [4.69, 9.17) is 4.98 Å². The third-order valence-electron chi connectivity index (χ3n) is 4.87. The molecule has 2 aromatic heterocycles. The fourth-order valence-electron chi connectivity index (χ4n) is 3.29. The van der Waals surface area contributed by atoms with Crippen molar-refractivity contribution in [3.05, 3.63) is 80.5 Å². The molecule has 6 nitrogen and oxygen atoms in total. The molecule has 2 aromatic carbocycles. The average Bonchev–Trinajstić information content (AvgIpc) is 3.23. The Labute approximate surface area is 194 Å². The van der Waals surface area contributed by atoms with Gasteiger partial charge in [0.25, 0.3) is 5.56 Å². The number of aryl methyl sites for hydroxylation is 1. The fourth-order valence-corrected chi connectivity index (χ4v) is 5.11. The molecule has 1 amide bonds. The summed E-state index contributed by atoms with van der Waals surface area (Å²) in [5, 5.41) is 6.97. The summed E-state index contributed by atoms with van der Waals surface area (Å²) in [6.45, 7) is 4.68. The molecular weight excluding hydrogens is 440 g/mol. The average molecular weight is 465 g/mol. The minimum atomic E-state index is -0.0876. The first-order valence-electron chi connectivity index (χ1n) is 10.5. The van der Waals surface area contributed by atoms with Crippen LogP contribution in [0.3, 0.4) is 0 Å². The Bertz CT molecular complexity index is 1300. The molecular formula is C24H24N4O2S2. The molecule has 0 radical (unpaired) electrons. The van der Waals surface area contributed by atoms with Crippen molar-refractivity contribution in [2.24, 2.45) is 0 Å². The van der Waals surface area contributed by atoms with Crippen LogP contribution < -0.4 is 10.9 Å². The van der Waals surface area contributed by atoms with Crippen LogP contribution in [0.4, 0.5) is 5.69 Å². The summed E-state index contributed by atoms with van der Waals surface area (Å²) in [4.78, 5) is 34.6. The third-order valence-corrected chi connectivity index (χ3v) is 6.78. The van der Waals surface area contributed by atoms with Gasteiger partial charge in [0.2, 0.25) is 5.91 Å². The van der Waals surface area contributed by atoms with Crippen molar-refractivity contribution < 1.29 is 4.79 Å². The Kier molecular flexibility index (Phi) is 7.02. The second-order valence-corrected chi connectivity index (χ2v) is 9.37. The zero-order valence-electron chi connectivity index (χ0n) is 18.0. The van der Waals surface area contributed by atoms with Crippen molar-refractivity contribution >= 4 is 45.6 Å². The van der Waals surface area contributed by atoms with Gasteiger partial charge in [-0.05, 0) is 37.6 Å². The second-order valence-electron chi connectivity index (χ2n) is 7.48. The zero-order chi connectivity index (χ0) is 22.5. The Morgan fingerprint density at radius 1 is 1.12 bits per heavy atom. The lowest BCUT2D eigenvalue weighted by molar-refractivity contribution is -0.115. The molecule has 0 aliphatic carbocycles. The quantitative estimate of drug-likeness (QED) is 0.292. The molecule has 2 heterocycles. The van der Waals surface area contributed by atoms with E-state index in [0.29, 0.717) is 28.4 Å². The van der Waals surface area contributed by atoms with Gasteiger partial charge in [-0.15, -0.1) is 11.3 Å². The standard InChI is InChI=1S/C24H24N4O2S2/c1-3-12-28-23(30)19-6-4-5-7-20(19)27-24(28)32-15-18-14-31-22(26-18)13-21(29)25-17-10-8-16(2)9-11-17/h4-11,14H,3,12-13,15H2,1-2H3,(H,25,29). The lowest BCUT2D eigenvalue weighted by Gasteiger charge is -2.11. The SMILES string of the molecule is CCCn1c(SCc2csc(CC(=O)Nc3ccc(C)cc3)n2)nc2ccccc2c1=O. The highest BCUT2D eigenvalue weighted by molar-refractivity contribution is 7.98. The number of nitrogens with zero attached hydrogens (tertiary/aromatic N) is 3. The summed E-state index contributed by atoms with van der Waals surface area (Å²) in [5.41, 5.74) is 3.51. The van der Waals surface area contributed by atoms with Gasteiger partial charge in [0.15, 0.2) is 5.16 Å². The number of benzene rings is 2. The van der Waals surface area contributed by atoms with Gasteiger partial charge in [0, 0.05) is 23.4 Å². The molecule has 164 valence electrons. The van der Waals surface area contributed by atoms with E-state index in [9.17, 15) is 9.59 Å². The van der Waals surface area contributed by atoms with E-state index in [1.54, 1.807) is 4.57 Å². The molecule has 32 heavy (non-hydrogen) atoms. The van der Waals surface area contributed by atoms with E-state index < -0.39 is 0 Å². The number of carbonyl (C=O) groups excluding carboxylic acids is 1. The van der Waals surface area contributed by atoms with Crippen molar-refractivity contribution in [3.63, 3.8) is 0 Å². The summed E-state index contributed by atoms with van der Waals surface area (Å²) in [6.07, 6.45) is 1.09. The van der Waals surface area contributed by atoms with E-state index >= 15 is 0 Å². The molecule has 1 N–H and O–H groups in total. The summed E-state index contributed by atoms with van der Waals surface area (Å²) in [6, 6.07) is 15.2. The maximum atomic E-state index is 12.9. The molecule has 4 aromatic rings. The molecule has 0 aliphatic heterocycles. The molecule has 8 heteroatoms. The maximum absolute atomic E-state index is 12.9. The number of aromatic nitrogens is 3. The summed E-state index contributed by atoms with van der Waals surface area (Å²) < 4.78 is 1.75. The first kappa shape index (κ1) is 22.2. The van der Waals surface area contributed by atoms with Gasteiger partial charge in [-0.25, -0.2) is 9.97 Å². The van der Waals surface area contributed by atoms with E-state index in [2.05, 4.69) is 10.3 Å². The van der Waals surface area contributed by atoms with Crippen LogP contribution in [0.2, 0.25) is 0 Å². The van der Waals surface area contributed by atoms with Crippen LogP contribution in [0.1, 0.15) is 29.6 Å². The fraction of sp³-hybridized carbons (Fsp3) is 0.250. The smallest absolute Gasteiger partial charge is 0.262 e. The lowest BCUT2D eigenvalue weighted by Crippen LogP contribution is -2.23. The molecule has 0 saturated heterocycles. The van der Waals surface area contributed by atoms with E-state index in [1.165, 1.54) is 23.1 Å². The minimum Gasteiger partial charge on any atom is -0.326 e. The van der Waals surface area contributed by atoms with Gasteiger partial charge < -0.3 is 5.32 Å². The van der Waals surface area contributed by atoms with Crippen molar-refractivity contribution in [3.8, 4) is 0 Å². The normalized spacial score (nSPS) is 11.1. The number of rotatable bonds is 8.